The van der Waals surface area contributed by atoms with E-state index in [1.165, 1.54) is 24.3 Å². The first kappa shape index (κ1) is 17.6. The smallest absolute Gasteiger partial charge is 0.251 e. The van der Waals surface area contributed by atoms with E-state index >= 15 is 0 Å². The van der Waals surface area contributed by atoms with E-state index in [1.807, 2.05) is 42.5 Å². The van der Waals surface area contributed by atoms with Crippen LogP contribution in [0.1, 0.15) is 17.2 Å². The zero-order valence-electron chi connectivity index (χ0n) is 14.0. The van der Waals surface area contributed by atoms with Gasteiger partial charge in [-0.25, -0.2) is 4.39 Å². The SMILES string of the molecule is O=C(Nc1ccc(F)cc1)[C@H](Nc1cccc(CO)c1)c1ccccc1. The Labute approximate surface area is 151 Å². The van der Waals surface area contributed by atoms with Gasteiger partial charge < -0.3 is 15.7 Å². The Kier molecular flexibility index (Phi) is 5.61. The van der Waals surface area contributed by atoms with Crippen molar-refractivity contribution in [2.45, 2.75) is 12.6 Å². The van der Waals surface area contributed by atoms with Crippen LogP contribution in [0.25, 0.3) is 0 Å². The van der Waals surface area contributed by atoms with Gasteiger partial charge in [-0.2, -0.15) is 0 Å². The van der Waals surface area contributed by atoms with E-state index in [-0.39, 0.29) is 18.3 Å². The highest BCUT2D eigenvalue weighted by Crippen LogP contribution is 2.22. The van der Waals surface area contributed by atoms with Crippen molar-refractivity contribution in [3.8, 4) is 0 Å². The second-order valence-corrected chi connectivity index (χ2v) is 5.84. The predicted molar refractivity (Wildman–Crippen MR) is 100 cm³/mol. The Morgan fingerprint density at radius 2 is 1.65 bits per heavy atom. The van der Waals surface area contributed by atoms with Crippen LogP contribution in [-0.4, -0.2) is 11.0 Å². The first-order valence-corrected chi connectivity index (χ1v) is 8.23. The lowest BCUT2D eigenvalue weighted by atomic mass is 10.0. The summed E-state index contributed by atoms with van der Waals surface area (Å²) in [6.07, 6.45) is 0. The number of rotatable bonds is 6. The molecule has 0 radical (unpaired) electrons. The number of aliphatic hydroxyl groups is 1. The maximum atomic E-state index is 13.1. The van der Waals surface area contributed by atoms with Crippen LogP contribution in [0.5, 0.6) is 0 Å². The van der Waals surface area contributed by atoms with E-state index in [1.54, 1.807) is 12.1 Å². The van der Waals surface area contributed by atoms with E-state index in [4.69, 9.17) is 0 Å². The number of hydrogen-bond acceptors (Lipinski definition) is 3. The van der Waals surface area contributed by atoms with E-state index in [0.29, 0.717) is 5.69 Å². The molecule has 0 heterocycles. The number of carbonyl (C=O) groups is 1. The number of hydrogen-bond donors (Lipinski definition) is 3. The molecule has 132 valence electrons. The number of benzene rings is 3. The van der Waals surface area contributed by atoms with Gasteiger partial charge in [-0.05, 0) is 47.5 Å². The van der Waals surface area contributed by atoms with Gasteiger partial charge in [0.15, 0.2) is 0 Å². The van der Waals surface area contributed by atoms with Crippen LogP contribution in [0.4, 0.5) is 15.8 Å². The van der Waals surface area contributed by atoms with E-state index in [9.17, 15) is 14.3 Å². The Bertz CT molecular complexity index is 867. The van der Waals surface area contributed by atoms with Crippen molar-refractivity contribution in [1.82, 2.24) is 0 Å². The fourth-order valence-electron chi connectivity index (χ4n) is 2.62. The molecule has 0 aliphatic carbocycles. The minimum absolute atomic E-state index is 0.0761. The number of nitrogens with one attached hydrogen (secondary N) is 2. The highest BCUT2D eigenvalue weighted by atomic mass is 19.1. The Morgan fingerprint density at radius 1 is 0.923 bits per heavy atom. The second kappa shape index (κ2) is 8.27. The maximum Gasteiger partial charge on any atom is 0.251 e. The van der Waals surface area contributed by atoms with Gasteiger partial charge in [0.25, 0.3) is 5.91 Å². The van der Waals surface area contributed by atoms with E-state index in [0.717, 1.165) is 16.8 Å². The quantitative estimate of drug-likeness (QED) is 0.627. The second-order valence-electron chi connectivity index (χ2n) is 5.84. The number of amides is 1. The molecule has 3 aromatic carbocycles. The lowest BCUT2D eigenvalue weighted by molar-refractivity contribution is -0.117. The van der Waals surface area contributed by atoms with Crippen LogP contribution in [0.15, 0.2) is 78.9 Å². The van der Waals surface area contributed by atoms with Crippen molar-refractivity contribution in [2.24, 2.45) is 0 Å². The average molecular weight is 350 g/mol. The van der Waals surface area contributed by atoms with Gasteiger partial charge in [0.1, 0.15) is 11.9 Å². The molecular formula is C21H19FN2O2. The highest BCUT2D eigenvalue weighted by molar-refractivity contribution is 5.97. The molecule has 1 atom stereocenters. The molecule has 0 aliphatic heterocycles. The molecule has 5 heteroatoms. The maximum absolute atomic E-state index is 13.1. The summed E-state index contributed by atoms with van der Waals surface area (Å²) >= 11 is 0. The predicted octanol–water partition coefficient (Wildman–Crippen LogP) is 4.11. The minimum Gasteiger partial charge on any atom is -0.392 e. The summed E-state index contributed by atoms with van der Waals surface area (Å²) in [6.45, 7) is -0.0761. The number of anilines is 2. The molecule has 0 saturated carbocycles. The summed E-state index contributed by atoms with van der Waals surface area (Å²) in [6, 6.07) is 21.5. The third-order valence-electron chi connectivity index (χ3n) is 3.93. The molecule has 3 aromatic rings. The average Bonchev–Trinajstić information content (AvgIpc) is 2.68. The summed E-state index contributed by atoms with van der Waals surface area (Å²) in [4.78, 5) is 12.8. The zero-order valence-corrected chi connectivity index (χ0v) is 14.0. The fourth-order valence-corrected chi connectivity index (χ4v) is 2.62. The molecule has 0 aliphatic rings. The molecular weight excluding hydrogens is 331 g/mol. The molecule has 0 fully saturated rings. The molecule has 3 N–H and O–H groups in total. The Balaban J connectivity index is 1.85. The number of halogens is 1. The minimum atomic E-state index is -0.643. The van der Waals surface area contributed by atoms with Crippen LogP contribution in [-0.2, 0) is 11.4 Å². The summed E-state index contributed by atoms with van der Waals surface area (Å²) in [7, 11) is 0. The van der Waals surface area contributed by atoms with E-state index < -0.39 is 6.04 Å². The first-order chi connectivity index (χ1) is 12.7. The van der Waals surface area contributed by atoms with Crippen molar-refractivity contribution in [3.05, 3.63) is 95.8 Å². The molecule has 0 aromatic heterocycles. The third kappa shape index (κ3) is 4.46. The molecule has 26 heavy (non-hydrogen) atoms. The van der Waals surface area contributed by atoms with Gasteiger partial charge in [0.2, 0.25) is 0 Å². The van der Waals surface area contributed by atoms with E-state index in [2.05, 4.69) is 10.6 Å². The van der Waals surface area contributed by atoms with Crippen molar-refractivity contribution in [2.75, 3.05) is 10.6 Å². The van der Waals surface area contributed by atoms with Gasteiger partial charge in [-0.1, -0.05) is 42.5 Å². The fraction of sp³-hybridized carbons (Fsp3) is 0.0952. The molecule has 0 unspecified atom stereocenters. The highest BCUT2D eigenvalue weighted by Gasteiger charge is 2.20. The van der Waals surface area contributed by atoms with Gasteiger partial charge in [-0.3, -0.25) is 4.79 Å². The molecule has 4 nitrogen and oxygen atoms in total. The summed E-state index contributed by atoms with van der Waals surface area (Å²) < 4.78 is 13.1. The number of aliphatic hydroxyl groups excluding tert-OH is 1. The van der Waals surface area contributed by atoms with Crippen molar-refractivity contribution in [1.29, 1.82) is 0 Å². The zero-order chi connectivity index (χ0) is 18.4. The monoisotopic (exact) mass is 350 g/mol. The summed E-state index contributed by atoms with van der Waals surface area (Å²) in [5.74, 6) is -0.626. The van der Waals surface area contributed by atoms with Gasteiger partial charge in [0, 0.05) is 11.4 Å². The lowest BCUT2D eigenvalue weighted by Gasteiger charge is -2.20. The van der Waals surface area contributed by atoms with Gasteiger partial charge in [0.05, 0.1) is 6.61 Å². The molecule has 0 spiro atoms. The first-order valence-electron chi connectivity index (χ1n) is 8.23. The lowest BCUT2D eigenvalue weighted by Crippen LogP contribution is -2.27. The normalized spacial score (nSPS) is 11.6. The molecule has 0 saturated heterocycles. The standard InChI is InChI=1S/C21H19FN2O2/c22-17-9-11-18(12-10-17)24-21(26)20(16-6-2-1-3-7-16)23-19-8-4-5-15(13-19)14-25/h1-13,20,23,25H,14H2,(H,24,26)/t20-/m1/s1. The van der Waals surface area contributed by atoms with Crippen LogP contribution in [0, 0.1) is 5.82 Å². The van der Waals surface area contributed by atoms with Crippen LogP contribution >= 0.6 is 0 Å². The number of carbonyl (C=O) groups excluding carboxylic acids is 1. The third-order valence-corrected chi connectivity index (χ3v) is 3.93. The Hall–Kier alpha value is -3.18. The molecule has 0 bridgehead atoms. The summed E-state index contributed by atoms with van der Waals surface area (Å²) in [5.41, 5.74) is 2.78. The van der Waals surface area contributed by atoms with Crippen LogP contribution in [0.2, 0.25) is 0 Å². The summed E-state index contributed by atoms with van der Waals surface area (Å²) in [5, 5.41) is 15.3. The van der Waals surface area contributed by atoms with Crippen LogP contribution < -0.4 is 10.6 Å². The van der Waals surface area contributed by atoms with Crippen LogP contribution in [0.3, 0.4) is 0 Å². The molecule has 3 rings (SSSR count). The van der Waals surface area contributed by atoms with Crippen molar-refractivity contribution < 1.29 is 14.3 Å². The van der Waals surface area contributed by atoms with Gasteiger partial charge in [-0.15, -0.1) is 0 Å². The largest absolute Gasteiger partial charge is 0.392 e. The van der Waals surface area contributed by atoms with Crippen molar-refractivity contribution >= 4 is 17.3 Å². The van der Waals surface area contributed by atoms with Crippen molar-refractivity contribution in [3.63, 3.8) is 0 Å². The Morgan fingerprint density at radius 3 is 2.35 bits per heavy atom. The topological polar surface area (TPSA) is 61.4 Å². The molecule has 1 amide bonds. The van der Waals surface area contributed by atoms with Gasteiger partial charge >= 0.3 is 0 Å².